The van der Waals surface area contributed by atoms with Crippen LogP contribution in [0.25, 0.3) is 21.9 Å². The van der Waals surface area contributed by atoms with Crippen molar-refractivity contribution >= 4 is 21.9 Å². The second-order valence-corrected chi connectivity index (χ2v) is 7.60. The molecule has 0 unspecified atom stereocenters. The van der Waals surface area contributed by atoms with E-state index in [1.807, 2.05) is 18.5 Å². The SMILES string of the molecule is O=c1ccn(C2CCN(Cc3ccc(F)c(F)c3)CC2)c2c1cnc1[nH]ccc12. The van der Waals surface area contributed by atoms with Gasteiger partial charge in [0.15, 0.2) is 17.1 Å². The van der Waals surface area contributed by atoms with E-state index >= 15 is 0 Å². The zero-order chi connectivity index (χ0) is 20.0. The number of aromatic nitrogens is 3. The molecule has 0 amide bonds. The predicted octanol–water partition coefficient (Wildman–Crippen LogP) is 3.99. The molecule has 7 heteroatoms. The Morgan fingerprint density at radius 3 is 2.69 bits per heavy atom. The molecule has 0 radical (unpaired) electrons. The van der Waals surface area contributed by atoms with Crippen LogP contribution in [0, 0.1) is 11.6 Å². The second kappa shape index (κ2) is 7.08. The van der Waals surface area contributed by atoms with Crippen LogP contribution in [0.2, 0.25) is 0 Å². The number of halogens is 2. The molecule has 3 aromatic heterocycles. The first kappa shape index (κ1) is 18.0. The minimum absolute atomic E-state index is 0.0253. The number of aromatic amines is 1. The summed E-state index contributed by atoms with van der Waals surface area (Å²) in [4.78, 5) is 22.1. The standard InChI is InChI=1S/C22H20F2N4O/c23-18-2-1-14(11-19(18)24)13-27-8-4-15(5-9-27)28-10-6-20(29)17-12-26-22-16(21(17)28)3-7-25-22/h1-3,6-7,10-12,15H,4-5,8-9,13H2,(H,25,26). The van der Waals surface area contributed by atoms with E-state index in [9.17, 15) is 13.6 Å². The van der Waals surface area contributed by atoms with Gasteiger partial charge in [-0.25, -0.2) is 13.8 Å². The summed E-state index contributed by atoms with van der Waals surface area (Å²) in [6.07, 6.45) is 7.19. The molecule has 1 aliphatic heterocycles. The third-order valence-corrected chi connectivity index (χ3v) is 5.81. The van der Waals surface area contributed by atoms with Crippen molar-refractivity contribution in [2.24, 2.45) is 0 Å². The predicted molar refractivity (Wildman–Crippen MR) is 108 cm³/mol. The number of nitrogens with one attached hydrogen (secondary N) is 1. The number of hydrogen-bond acceptors (Lipinski definition) is 3. The zero-order valence-electron chi connectivity index (χ0n) is 15.7. The van der Waals surface area contributed by atoms with E-state index in [2.05, 4.69) is 19.4 Å². The number of H-pyrrole nitrogens is 1. The van der Waals surface area contributed by atoms with Gasteiger partial charge in [-0.2, -0.15) is 0 Å². The molecule has 148 valence electrons. The highest BCUT2D eigenvalue weighted by atomic mass is 19.2. The van der Waals surface area contributed by atoms with Gasteiger partial charge in [0.05, 0.1) is 10.9 Å². The summed E-state index contributed by atoms with van der Waals surface area (Å²) in [6.45, 7) is 2.29. The minimum Gasteiger partial charge on any atom is -0.346 e. The van der Waals surface area contributed by atoms with Crippen molar-refractivity contribution in [3.05, 3.63) is 76.3 Å². The molecule has 4 heterocycles. The monoisotopic (exact) mass is 394 g/mol. The highest BCUT2D eigenvalue weighted by Crippen LogP contribution is 2.29. The lowest BCUT2D eigenvalue weighted by atomic mass is 10.0. The van der Waals surface area contributed by atoms with Crippen molar-refractivity contribution in [2.75, 3.05) is 13.1 Å². The molecule has 4 aromatic rings. The average molecular weight is 394 g/mol. The normalized spacial score (nSPS) is 16.1. The van der Waals surface area contributed by atoms with Crippen molar-refractivity contribution in [3.8, 4) is 0 Å². The minimum atomic E-state index is -0.817. The Kier molecular flexibility index (Phi) is 4.39. The fourth-order valence-corrected chi connectivity index (χ4v) is 4.32. The van der Waals surface area contributed by atoms with Gasteiger partial charge < -0.3 is 9.55 Å². The Balaban J connectivity index is 1.40. The molecule has 0 aliphatic carbocycles. The van der Waals surface area contributed by atoms with E-state index in [1.54, 1.807) is 18.3 Å². The fourth-order valence-electron chi connectivity index (χ4n) is 4.32. The van der Waals surface area contributed by atoms with Crippen molar-refractivity contribution in [1.29, 1.82) is 0 Å². The third-order valence-electron chi connectivity index (χ3n) is 5.81. The van der Waals surface area contributed by atoms with Gasteiger partial charge >= 0.3 is 0 Å². The van der Waals surface area contributed by atoms with E-state index in [-0.39, 0.29) is 11.5 Å². The number of hydrogen-bond donors (Lipinski definition) is 1. The number of pyridine rings is 2. The number of fused-ring (bicyclic) bond motifs is 3. The molecule has 1 saturated heterocycles. The van der Waals surface area contributed by atoms with Gasteiger partial charge in [0, 0.05) is 55.7 Å². The molecule has 1 aromatic carbocycles. The van der Waals surface area contributed by atoms with E-state index in [0.717, 1.165) is 48.0 Å². The Labute approximate surface area is 165 Å². The van der Waals surface area contributed by atoms with E-state index in [1.165, 1.54) is 12.1 Å². The molecule has 1 aliphatic rings. The Morgan fingerprint density at radius 2 is 1.90 bits per heavy atom. The number of nitrogens with zero attached hydrogens (tertiary/aromatic N) is 3. The quantitative estimate of drug-likeness (QED) is 0.572. The molecule has 1 N–H and O–H groups in total. The van der Waals surface area contributed by atoms with Crippen molar-refractivity contribution in [3.63, 3.8) is 0 Å². The van der Waals surface area contributed by atoms with Gasteiger partial charge in [-0.05, 0) is 36.6 Å². The summed E-state index contributed by atoms with van der Waals surface area (Å²) >= 11 is 0. The van der Waals surface area contributed by atoms with Crippen molar-refractivity contribution < 1.29 is 8.78 Å². The van der Waals surface area contributed by atoms with Crippen LogP contribution in [0.3, 0.4) is 0 Å². The first-order chi connectivity index (χ1) is 14.1. The number of rotatable bonds is 3. The summed E-state index contributed by atoms with van der Waals surface area (Å²) < 4.78 is 28.8. The highest BCUT2D eigenvalue weighted by molar-refractivity contribution is 6.02. The van der Waals surface area contributed by atoms with Gasteiger partial charge in [-0.3, -0.25) is 9.69 Å². The number of benzene rings is 1. The maximum atomic E-state index is 13.5. The topological polar surface area (TPSA) is 53.9 Å². The lowest BCUT2D eigenvalue weighted by Gasteiger charge is -2.34. The van der Waals surface area contributed by atoms with Gasteiger partial charge in [0.25, 0.3) is 0 Å². The van der Waals surface area contributed by atoms with Gasteiger partial charge in [0.2, 0.25) is 0 Å². The Hall–Kier alpha value is -3.06. The fraction of sp³-hybridized carbons (Fsp3) is 0.273. The van der Waals surface area contributed by atoms with E-state index < -0.39 is 11.6 Å². The summed E-state index contributed by atoms with van der Waals surface area (Å²) in [5, 5.41) is 1.58. The Morgan fingerprint density at radius 1 is 1.07 bits per heavy atom. The van der Waals surface area contributed by atoms with Crippen LogP contribution in [0.15, 0.2) is 53.7 Å². The van der Waals surface area contributed by atoms with Crippen LogP contribution in [-0.4, -0.2) is 32.5 Å². The van der Waals surface area contributed by atoms with Crippen LogP contribution in [0.5, 0.6) is 0 Å². The van der Waals surface area contributed by atoms with Crippen LogP contribution >= 0.6 is 0 Å². The summed E-state index contributed by atoms with van der Waals surface area (Å²) in [5.41, 5.74) is 2.44. The van der Waals surface area contributed by atoms with Crippen LogP contribution in [0.1, 0.15) is 24.4 Å². The maximum absolute atomic E-state index is 13.5. The Bertz CT molecular complexity index is 1250. The average Bonchev–Trinajstić information content (AvgIpc) is 3.21. The van der Waals surface area contributed by atoms with Gasteiger partial charge in [-0.1, -0.05) is 6.07 Å². The number of likely N-dealkylation sites (tertiary alicyclic amines) is 1. The lowest BCUT2D eigenvalue weighted by molar-refractivity contribution is 0.181. The molecule has 0 bridgehead atoms. The molecule has 0 saturated carbocycles. The smallest absolute Gasteiger partial charge is 0.190 e. The van der Waals surface area contributed by atoms with Gasteiger partial charge in [0.1, 0.15) is 5.65 Å². The molecular formula is C22H20F2N4O. The largest absolute Gasteiger partial charge is 0.346 e. The molecule has 1 fully saturated rings. The first-order valence-electron chi connectivity index (χ1n) is 9.73. The zero-order valence-corrected chi connectivity index (χ0v) is 15.7. The lowest BCUT2D eigenvalue weighted by Crippen LogP contribution is -2.34. The molecule has 29 heavy (non-hydrogen) atoms. The third kappa shape index (κ3) is 3.21. The van der Waals surface area contributed by atoms with E-state index in [4.69, 9.17) is 0 Å². The first-order valence-corrected chi connectivity index (χ1v) is 9.73. The summed E-state index contributed by atoms with van der Waals surface area (Å²) in [5.74, 6) is -1.62. The summed E-state index contributed by atoms with van der Waals surface area (Å²) in [6, 6.07) is 7.91. The molecule has 0 atom stereocenters. The van der Waals surface area contributed by atoms with Gasteiger partial charge in [-0.15, -0.1) is 0 Å². The van der Waals surface area contributed by atoms with Crippen molar-refractivity contribution in [1.82, 2.24) is 19.4 Å². The van der Waals surface area contributed by atoms with E-state index in [0.29, 0.717) is 11.9 Å². The molecule has 0 spiro atoms. The highest BCUT2D eigenvalue weighted by Gasteiger charge is 2.22. The number of piperidine rings is 1. The van der Waals surface area contributed by atoms with Crippen molar-refractivity contribution in [2.45, 2.75) is 25.4 Å². The molecule has 5 nitrogen and oxygen atoms in total. The van der Waals surface area contributed by atoms with Crippen LogP contribution in [0.4, 0.5) is 8.78 Å². The second-order valence-electron chi connectivity index (χ2n) is 7.60. The van der Waals surface area contributed by atoms with Crippen LogP contribution in [-0.2, 0) is 6.54 Å². The maximum Gasteiger partial charge on any atom is 0.190 e. The summed E-state index contributed by atoms with van der Waals surface area (Å²) in [7, 11) is 0. The molecular weight excluding hydrogens is 374 g/mol. The van der Waals surface area contributed by atoms with Crippen LogP contribution < -0.4 is 5.43 Å². The molecule has 5 rings (SSSR count).